The highest BCUT2D eigenvalue weighted by Gasteiger charge is 2.33. The van der Waals surface area contributed by atoms with Crippen LogP contribution in [0.25, 0.3) is 0 Å². The summed E-state index contributed by atoms with van der Waals surface area (Å²) in [4.78, 5) is 21.6. The van der Waals surface area contributed by atoms with Crippen molar-refractivity contribution in [3.63, 3.8) is 0 Å². The molecule has 4 heteroatoms. The van der Waals surface area contributed by atoms with Crippen LogP contribution in [0.4, 0.5) is 0 Å². The van der Waals surface area contributed by atoms with E-state index in [-0.39, 0.29) is 0 Å². The Morgan fingerprint density at radius 2 is 2.23 bits per heavy atom. The summed E-state index contributed by atoms with van der Waals surface area (Å²) in [7, 11) is 0. The number of carboxylic acids is 1. The zero-order valence-electron chi connectivity index (χ0n) is 6.87. The number of allylic oxidation sites excluding steroid dienone is 2. The minimum absolute atomic E-state index is 0.329. The second kappa shape index (κ2) is 3.75. The predicted octanol–water partition coefficient (Wildman–Crippen LogP) is 1.58. The first-order chi connectivity index (χ1) is 6.02. The molecule has 0 heterocycles. The SMILES string of the molecule is C=C1C=CC(C(=O)O)C(C(=O)Cl)C1. The van der Waals surface area contributed by atoms with Gasteiger partial charge in [-0.2, -0.15) is 0 Å². The molecule has 1 rings (SSSR count). The second-order valence-corrected chi connectivity index (χ2v) is 3.37. The molecule has 0 amide bonds. The molecular weight excluding hydrogens is 192 g/mol. The van der Waals surface area contributed by atoms with Crippen molar-refractivity contribution in [1.29, 1.82) is 0 Å². The average molecular weight is 201 g/mol. The lowest BCUT2D eigenvalue weighted by Crippen LogP contribution is -2.28. The van der Waals surface area contributed by atoms with Crippen LogP contribution in [0.3, 0.4) is 0 Å². The Kier molecular flexibility index (Phi) is 2.88. The van der Waals surface area contributed by atoms with Crippen LogP contribution >= 0.6 is 11.6 Å². The average Bonchev–Trinajstić information content (AvgIpc) is 2.03. The summed E-state index contributed by atoms with van der Waals surface area (Å²) in [5, 5.41) is 8.14. The zero-order valence-corrected chi connectivity index (χ0v) is 7.62. The van der Waals surface area contributed by atoms with Crippen molar-refractivity contribution in [2.45, 2.75) is 6.42 Å². The molecule has 0 aliphatic heterocycles. The molecule has 0 spiro atoms. The Balaban J connectivity index is 2.91. The molecule has 2 atom stereocenters. The van der Waals surface area contributed by atoms with E-state index in [1.54, 1.807) is 6.08 Å². The van der Waals surface area contributed by atoms with Crippen LogP contribution in [0.5, 0.6) is 0 Å². The molecular formula is C9H9ClO3. The number of rotatable bonds is 2. The number of carbonyl (C=O) groups excluding carboxylic acids is 1. The smallest absolute Gasteiger partial charge is 0.311 e. The van der Waals surface area contributed by atoms with Crippen LogP contribution in [-0.2, 0) is 9.59 Å². The van der Waals surface area contributed by atoms with Crippen molar-refractivity contribution in [2.24, 2.45) is 11.8 Å². The van der Waals surface area contributed by atoms with Gasteiger partial charge in [0.25, 0.3) is 0 Å². The molecule has 0 aromatic rings. The lowest BCUT2D eigenvalue weighted by atomic mass is 9.83. The first-order valence-electron chi connectivity index (χ1n) is 3.80. The van der Waals surface area contributed by atoms with Gasteiger partial charge >= 0.3 is 5.97 Å². The maximum Gasteiger partial charge on any atom is 0.311 e. The quantitative estimate of drug-likeness (QED) is 0.689. The molecule has 2 unspecified atom stereocenters. The van der Waals surface area contributed by atoms with Crippen LogP contribution < -0.4 is 0 Å². The normalized spacial score (nSPS) is 27.3. The molecule has 13 heavy (non-hydrogen) atoms. The maximum absolute atomic E-state index is 10.9. The molecule has 1 aliphatic carbocycles. The van der Waals surface area contributed by atoms with Gasteiger partial charge in [0.1, 0.15) is 0 Å². The van der Waals surface area contributed by atoms with Crippen molar-refractivity contribution in [3.8, 4) is 0 Å². The Labute approximate surface area is 80.7 Å². The van der Waals surface area contributed by atoms with Gasteiger partial charge in [0.2, 0.25) is 5.24 Å². The van der Waals surface area contributed by atoms with Crippen molar-refractivity contribution in [1.82, 2.24) is 0 Å². The lowest BCUT2D eigenvalue weighted by Gasteiger charge is -2.21. The van der Waals surface area contributed by atoms with E-state index in [2.05, 4.69) is 6.58 Å². The van der Waals surface area contributed by atoms with Gasteiger partial charge in [-0.05, 0) is 18.0 Å². The van der Waals surface area contributed by atoms with Crippen molar-refractivity contribution in [3.05, 3.63) is 24.3 Å². The van der Waals surface area contributed by atoms with Crippen LogP contribution in [0.1, 0.15) is 6.42 Å². The van der Waals surface area contributed by atoms with Gasteiger partial charge in [-0.3, -0.25) is 9.59 Å². The van der Waals surface area contributed by atoms with Crippen LogP contribution in [0, 0.1) is 11.8 Å². The van der Waals surface area contributed by atoms with Crippen molar-refractivity contribution >= 4 is 22.8 Å². The van der Waals surface area contributed by atoms with E-state index in [9.17, 15) is 9.59 Å². The van der Waals surface area contributed by atoms with Gasteiger partial charge in [0.15, 0.2) is 0 Å². The maximum atomic E-state index is 10.9. The van der Waals surface area contributed by atoms with Crippen molar-refractivity contribution < 1.29 is 14.7 Å². The highest BCUT2D eigenvalue weighted by Crippen LogP contribution is 2.29. The van der Waals surface area contributed by atoms with Crippen LogP contribution in [0.15, 0.2) is 24.3 Å². The lowest BCUT2D eigenvalue weighted by molar-refractivity contribution is -0.143. The molecule has 0 radical (unpaired) electrons. The molecule has 0 saturated carbocycles. The molecule has 0 aromatic carbocycles. The molecule has 1 aliphatic rings. The number of carboxylic acid groups (broad SMARTS) is 1. The Bertz CT molecular complexity index is 293. The van der Waals surface area contributed by atoms with E-state index in [4.69, 9.17) is 16.7 Å². The molecule has 1 N–H and O–H groups in total. The van der Waals surface area contributed by atoms with Gasteiger partial charge in [-0.1, -0.05) is 24.3 Å². The van der Waals surface area contributed by atoms with Gasteiger partial charge in [0, 0.05) is 0 Å². The van der Waals surface area contributed by atoms with E-state index >= 15 is 0 Å². The summed E-state index contributed by atoms with van der Waals surface area (Å²) in [5.74, 6) is -2.50. The number of carbonyl (C=O) groups is 2. The van der Waals surface area contributed by atoms with E-state index in [1.165, 1.54) is 6.08 Å². The summed E-state index contributed by atoms with van der Waals surface area (Å²) in [6, 6.07) is 0. The summed E-state index contributed by atoms with van der Waals surface area (Å²) in [6.45, 7) is 3.65. The molecule has 0 saturated heterocycles. The topological polar surface area (TPSA) is 54.4 Å². The van der Waals surface area contributed by atoms with Gasteiger partial charge < -0.3 is 5.11 Å². The summed E-state index contributed by atoms with van der Waals surface area (Å²) >= 11 is 5.28. The van der Waals surface area contributed by atoms with Crippen LogP contribution in [0.2, 0.25) is 0 Å². The number of aliphatic carboxylic acids is 1. The van der Waals surface area contributed by atoms with Gasteiger partial charge in [0.05, 0.1) is 11.8 Å². The summed E-state index contributed by atoms with van der Waals surface area (Å²) < 4.78 is 0. The fourth-order valence-corrected chi connectivity index (χ4v) is 1.54. The highest BCUT2D eigenvalue weighted by atomic mass is 35.5. The molecule has 70 valence electrons. The number of halogens is 1. The number of hydrogen-bond donors (Lipinski definition) is 1. The predicted molar refractivity (Wildman–Crippen MR) is 48.4 cm³/mol. The zero-order chi connectivity index (χ0) is 10.0. The second-order valence-electron chi connectivity index (χ2n) is 3.00. The third kappa shape index (κ3) is 2.18. The third-order valence-corrected chi connectivity index (χ3v) is 2.31. The highest BCUT2D eigenvalue weighted by molar-refractivity contribution is 6.64. The van der Waals surface area contributed by atoms with E-state index in [0.717, 1.165) is 5.57 Å². The largest absolute Gasteiger partial charge is 0.481 e. The fraction of sp³-hybridized carbons (Fsp3) is 0.333. The van der Waals surface area contributed by atoms with Gasteiger partial charge in [-0.15, -0.1) is 0 Å². The van der Waals surface area contributed by atoms with Crippen molar-refractivity contribution in [2.75, 3.05) is 0 Å². The Hall–Kier alpha value is -1.09. The molecule has 3 nitrogen and oxygen atoms in total. The van der Waals surface area contributed by atoms with E-state index in [1.807, 2.05) is 0 Å². The first kappa shape index (κ1) is 9.99. The summed E-state index contributed by atoms with van der Waals surface area (Å²) in [6.07, 6.45) is 3.41. The molecule has 0 aromatic heterocycles. The fourth-order valence-electron chi connectivity index (χ4n) is 1.33. The minimum atomic E-state index is -1.03. The number of hydrogen-bond acceptors (Lipinski definition) is 2. The molecule has 0 bridgehead atoms. The molecule has 0 fully saturated rings. The van der Waals surface area contributed by atoms with E-state index in [0.29, 0.717) is 6.42 Å². The third-order valence-electron chi connectivity index (χ3n) is 2.03. The van der Waals surface area contributed by atoms with Gasteiger partial charge in [-0.25, -0.2) is 0 Å². The van der Waals surface area contributed by atoms with E-state index < -0.39 is 23.0 Å². The first-order valence-corrected chi connectivity index (χ1v) is 4.18. The Morgan fingerprint density at radius 3 is 2.69 bits per heavy atom. The monoisotopic (exact) mass is 200 g/mol. The van der Waals surface area contributed by atoms with Crippen LogP contribution in [-0.4, -0.2) is 16.3 Å². The summed E-state index contributed by atoms with van der Waals surface area (Å²) in [5.41, 5.74) is 0.733. The Morgan fingerprint density at radius 1 is 1.62 bits per heavy atom. The minimum Gasteiger partial charge on any atom is -0.481 e. The standard InChI is InChI=1S/C9H9ClO3/c1-5-2-3-6(9(12)13)7(4-5)8(10)11/h2-3,6-7H,1,4H2,(H,12,13).